The summed E-state index contributed by atoms with van der Waals surface area (Å²) in [6.45, 7) is 0. The summed E-state index contributed by atoms with van der Waals surface area (Å²) < 4.78 is 0. The highest BCUT2D eigenvalue weighted by Crippen LogP contribution is 2.09. The zero-order chi connectivity index (χ0) is 16.5. The minimum Gasteiger partial charge on any atom is -0.307 e. The average molecular weight is 346 g/mol. The van der Waals surface area contributed by atoms with E-state index in [0.29, 0.717) is 5.69 Å². The lowest BCUT2D eigenvalue weighted by Crippen LogP contribution is -2.49. The van der Waals surface area contributed by atoms with Gasteiger partial charge in [0.25, 0.3) is 0 Å². The topological polar surface area (TPSA) is 82.3 Å². The summed E-state index contributed by atoms with van der Waals surface area (Å²) in [7, 11) is 0. The van der Waals surface area contributed by atoms with Crippen LogP contribution in [0.4, 0.5) is 10.5 Å². The number of urea groups is 1. The second-order valence-electron chi connectivity index (χ2n) is 4.24. The Hall–Kier alpha value is -2.71. The van der Waals surface area contributed by atoms with E-state index in [4.69, 9.17) is 12.2 Å². The van der Waals surface area contributed by atoms with Crippen molar-refractivity contribution >= 4 is 52.4 Å². The summed E-state index contributed by atoms with van der Waals surface area (Å²) in [5.74, 6) is -0.388. The smallest absolute Gasteiger partial charge is 0.307 e. The second kappa shape index (κ2) is 8.66. The molecule has 118 valence electrons. The molecule has 6 nitrogen and oxygen atoms in total. The van der Waals surface area contributed by atoms with Crippen LogP contribution in [-0.2, 0) is 4.79 Å². The average Bonchev–Trinajstić information content (AvgIpc) is 3.05. The number of anilines is 1. The molecule has 1 aromatic carbocycles. The number of thiophene rings is 1. The fraction of sp³-hybridized carbons (Fsp3) is 0. The van der Waals surface area contributed by atoms with Crippen molar-refractivity contribution in [1.82, 2.24) is 16.2 Å². The third kappa shape index (κ3) is 6.29. The fourth-order valence-electron chi connectivity index (χ4n) is 1.53. The van der Waals surface area contributed by atoms with Gasteiger partial charge >= 0.3 is 6.03 Å². The van der Waals surface area contributed by atoms with E-state index < -0.39 is 6.03 Å². The molecule has 2 rings (SSSR count). The lowest BCUT2D eigenvalue weighted by atomic mass is 10.3. The maximum atomic E-state index is 11.6. The molecular weight excluding hydrogens is 332 g/mol. The second-order valence-corrected chi connectivity index (χ2v) is 5.62. The molecule has 0 radical (unpaired) electrons. The van der Waals surface area contributed by atoms with E-state index in [1.54, 1.807) is 30.3 Å². The van der Waals surface area contributed by atoms with Gasteiger partial charge in [0.05, 0.1) is 0 Å². The Morgan fingerprint density at radius 3 is 2.52 bits per heavy atom. The number of benzene rings is 1. The number of hydrazine groups is 1. The lowest BCUT2D eigenvalue weighted by molar-refractivity contribution is -0.115. The molecule has 0 fully saturated rings. The van der Waals surface area contributed by atoms with Gasteiger partial charge in [-0.05, 0) is 41.9 Å². The summed E-state index contributed by atoms with van der Waals surface area (Å²) in [5.41, 5.74) is 5.40. The van der Waals surface area contributed by atoms with Crippen molar-refractivity contribution in [3.63, 3.8) is 0 Å². The Labute approximate surface area is 142 Å². The van der Waals surface area contributed by atoms with Gasteiger partial charge in [-0.2, -0.15) is 0 Å². The van der Waals surface area contributed by atoms with Gasteiger partial charge in [0.1, 0.15) is 0 Å². The fourth-order valence-corrected chi connectivity index (χ4v) is 2.30. The standard InChI is InChI=1S/C15H14N4O2S2/c20-13(9-8-12-7-4-10-23-12)17-15(22)19-18-14(21)16-11-5-2-1-3-6-11/h1-10H,(H2,16,18,21)(H2,17,19,20,22). The molecule has 8 heteroatoms. The molecule has 0 bridgehead atoms. The molecule has 23 heavy (non-hydrogen) atoms. The molecule has 0 atom stereocenters. The first-order valence-electron chi connectivity index (χ1n) is 6.58. The molecule has 4 N–H and O–H groups in total. The minimum atomic E-state index is -0.498. The summed E-state index contributed by atoms with van der Waals surface area (Å²) >= 11 is 6.43. The summed E-state index contributed by atoms with van der Waals surface area (Å²) in [5, 5.41) is 6.93. The van der Waals surface area contributed by atoms with Crippen molar-refractivity contribution in [3.8, 4) is 0 Å². The Balaban J connectivity index is 1.70. The number of hydrogen-bond donors (Lipinski definition) is 4. The molecule has 0 aliphatic rings. The molecule has 1 aromatic heterocycles. The van der Waals surface area contributed by atoms with Crippen molar-refractivity contribution < 1.29 is 9.59 Å². The largest absolute Gasteiger partial charge is 0.337 e. The zero-order valence-corrected chi connectivity index (χ0v) is 13.5. The van der Waals surface area contributed by atoms with Crippen LogP contribution >= 0.6 is 23.6 Å². The number of carbonyl (C=O) groups is 2. The Morgan fingerprint density at radius 1 is 1.04 bits per heavy atom. The van der Waals surface area contributed by atoms with E-state index in [-0.39, 0.29) is 11.0 Å². The normalized spacial score (nSPS) is 10.1. The van der Waals surface area contributed by atoms with Gasteiger partial charge in [-0.25, -0.2) is 10.2 Å². The molecule has 2 aromatic rings. The maximum absolute atomic E-state index is 11.6. The number of hydrogen-bond acceptors (Lipinski definition) is 4. The highest BCUT2D eigenvalue weighted by Gasteiger charge is 2.03. The van der Waals surface area contributed by atoms with E-state index in [2.05, 4.69) is 21.5 Å². The van der Waals surface area contributed by atoms with Gasteiger partial charge in [0.2, 0.25) is 5.91 Å². The molecule has 3 amide bonds. The summed E-state index contributed by atoms with van der Waals surface area (Å²) in [6, 6.07) is 12.2. The van der Waals surface area contributed by atoms with Gasteiger partial charge in [-0.15, -0.1) is 11.3 Å². The first-order valence-corrected chi connectivity index (χ1v) is 7.87. The highest BCUT2D eigenvalue weighted by molar-refractivity contribution is 7.80. The molecule has 0 spiro atoms. The lowest BCUT2D eigenvalue weighted by Gasteiger charge is -2.10. The number of amides is 3. The van der Waals surface area contributed by atoms with E-state index in [1.807, 2.05) is 23.6 Å². The summed E-state index contributed by atoms with van der Waals surface area (Å²) in [6.07, 6.45) is 3.04. The van der Waals surface area contributed by atoms with Crippen LogP contribution < -0.4 is 21.5 Å². The molecule has 0 unspecified atom stereocenters. The van der Waals surface area contributed by atoms with Crippen LogP contribution in [0.1, 0.15) is 4.88 Å². The van der Waals surface area contributed by atoms with Crippen molar-refractivity contribution in [2.24, 2.45) is 0 Å². The van der Waals surface area contributed by atoms with Crippen molar-refractivity contribution in [2.75, 3.05) is 5.32 Å². The molecule has 1 heterocycles. The molecule has 0 aliphatic heterocycles. The Bertz CT molecular complexity index is 700. The van der Waals surface area contributed by atoms with Gasteiger partial charge in [0.15, 0.2) is 5.11 Å². The van der Waals surface area contributed by atoms with E-state index >= 15 is 0 Å². The van der Waals surface area contributed by atoms with Crippen LogP contribution in [-0.4, -0.2) is 17.1 Å². The van der Waals surface area contributed by atoms with Crippen LogP contribution in [0.5, 0.6) is 0 Å². The Kier molecular flexibility index (Phi) is 6.28. The highest BCUT2D eigenvalue weighted by atomic mass is 32.1. The quantitative estimate of drug-likeness (QED) is 0.391. The van der Waals surface area contributed by atoms with Gasteiger partial charge in [0, 0.05) is 16.6 Å². The van der Waals surface area contributed by atoms with E-state index in [0.717, 1.165) is 4.88 Å². The summed E-state index contributed by atoms with van der Waals surface area (Å²) in [4.78, 5) is 24.2. The molecule has 0 saturated carbocycles. The van der Waals surface area contributed by atoms with E-state index in [1.165, 1.54) is 17.4 Å². The number of thiocarbonyl (C=S) groups is 1. The zero-order valence-electron chi connectivity index (χ0n) is 11.9. The van der Waals surface area contributed by atoms with Crippen molar-refractivity contribution in [1.29, 1.82) is 0 Å². The molecular formula is C15H14N4O2S2. The van der Waals surface area contributed by atoms with Crippen LogP contribution in [0.2, 0.25) is 0 Å². The van der Waals surface area contributed by atoms with Crippen LogP contribution in [0.3, 0.4) is 0 Å². The predicted octanol–water partition coefficient (Wildman–Crippen LogP) is 2.49. The first-order chi connectivity index (χ1) is 11.1. The van der Waals surface area contributed by atoms with E-state index in [9.17, 15) is 9.59 Å². The number of para-hydroxylation sites is 1. The van der Waals surface area contributed by atoms with Gasteiger partial charge < -0.3 is 5.32 Å². The Morgan fingerprint density at radius 2 is 1.83 bits per heavy atom. The van der Waals surface area contributed by atoms with Crippen LogP contribution in [0.25, 0.3) is 6.08 Å². The third-order valence-corrected chi connectivity index (χ3v) is 3.54. The van der Waals surface area contributed by atoms with Crippen LogP contribution in [0, 0.1) is 0 Å². The van der Waals surface area contributed by atoms with Gasteiger partial charge in [-0.1, -0.05) is 24.3 Å². The molecule has 0 saturated heterocycles. The maximum Gasteiger partial charge on any atom is 0.337 e. The first kappa shape index (κ1) is 16.7. The number of rotatable bonds is 3. The van der Waals surface area contributed by atoms with Gasteiger partial charge in [-0.3, -0.25) is 15.5 Å². The number of carbonyl (C=O) groups excluding carboxylic acids is 2. The molecule has 0 aliphatic carbocycles. The predicted molar refractivity (Wildman–Crippen MR) is 95.8 cm³/mol. The van der Waals surface area contributed by atoms with Crippen molar-refractivity contribution in [3.05, 3.63) is 58.8 Å². The SMILES string of the molecule is O=C(C=Cc1cccs1)NC(=S)NNC(=O)Nc1ccccc1. The van der Waals surface area contributed by atoms with Crippen molar-refractivity contribution in [2.45, 2.75) is 0 Å². The third-order valence-electron chi connectivity index (χ3n) is 2.50. The monoisotopic (exact) mass is 346 g/mol. The minimum absolute atomic E-state index is 0.00552. The number of nitrogens with one attached hydrogen (secondary N) is 4. The van der Waals surface area contributed by atoms with Crippen LogP contribution in [0.15, 0.2) is 53.9 Å².